The highest BCUT2D eigenvalue weighted by Crippen LogP contribution is 2.25. The summed E-state index contributed by atoms with van der Waals surface area (Å²) >= 11 is 5.07. The summed E-state index contributed by atoms with van der Waals surface area (Å²) in [6, 6.07) is 5.97. The lowest BCUT2D eigenvalue weighted by Gasteiger charge is -2.06. The van der Waals surface area contributed by atoms with Crippen LogP contribution in [0.3, 0.4) is 0 Å². The SMILES string of the molecule is CSc1cc(Br)cc(C(C)O)c1. The molecule has 0 aromatic heterocycles. The summed E-state index contributed by atoms with van der Waals surface area (Å²) in [7, 11) is 0. The summed E-state index contributed by atoms with van der Waals surface area (Å²) in [5.41, 5.74) is 0.953. The second-order valence-corrected chi connectivity index (χ2v) is 4.40. The molecule has 1 rings (SSSR count). The van der Waals surface area contributed by atoms with E-state index in [1.807, 2.05) is 24.5 Å². The maximum absolute atomic E-state index is 9.34. The van der Waals surface area contributed by atoms with Gasteiger partial charge in [-0.25, -0.2) is 0 Å². The van der Waals surface area contributed by atoms with Crippen LogP contribution >= 0.6 is 27.7 Å². The van der Waals surface area contributed by atoms with Crippen LogP contribution in [-0.4, -0.2) is 11.4 Å². The molecule has 66 valence electrons. The molecular weight excluding hydrogens is 236 g/mol. The van der Waals surface area contributed by atoms with Crippen molar-refractivity contribution in [3.05, 3.63) is 28.2 Å². The van der Waals surface area contributed by atoms with Crippen molar-refractivity contribution in [3.8, 4) is 0 Å². The Hall–Kier alpha value is 0.01000. The number of rotatable bonds is 2. The van der Waals surface area contributed by atoms with Crippen LogP contribution in [0.2, 0.25) is 0 Å². The van der Waals surface area contributed by atoms with Gasteiger partial charge in [-0.15, -0.1) is 11.8 Å². The Morgan fingerprint density at radius 3 is 2.58 bits per heavy atom. The molecule has 0 spiro atoms. The fourth-order valence-electron chi connectivity index (χ4n) is 0.943. The Kier molecular flexibility index (Phi) is 3.62. The number of halogens is 1. The molecular formula is C9H11BrOS. The first-order chi connectivity index (χ1) is 5.63. The molecule has 0 fully saturated rings. The van der Waals surface area contributed by atoms with E-state index in [2.05, 4.69) is 15.9 Å². The summed E-state index contributed by atoms with van der Waals surface area (Å²) in [5, 5.41) is 9.34. The maximum Gasteiger partial charge on any atom is 0.0762 e. The molecule has 1 aromatic carbocycles. The van der Waals surface area contributed by atoms with Crippen molar-refractivity contribution >= 4 is 27.7 Å². The van der Waals surface area contributed by atoms with Gasteiger partial charge in [-0.3, -0.25) is 0 Å². The van der Waals surface area contributed by atoms with Gasteiger partial charge in [-0.1, -0.05) is 15.9 Å². The average molecular weight is 247 g/mol. The zero-order valence-corrected chi connectivity index (χ0v) is 9.45. The van der Waals surface area contributed by atoms with Gasteiger partial charge in [0.15, 0.2) is 0 Å². The van der Waals surface area contributed by atoms with Crippen molar-refractivity contribution in [3.63, 3.8) is 0 Å². The second-order valence-electron chi connectivity index (χ2n) is 2.60. The molecule has 0 aliphatic rings. The number of benzene rings is 1. The zero-order valence-electron chi connectivity index (χ0n) is 7.04. The quantitative estimate of drug-likeness (QED) is 0.809. The van der Waals surface area contributed by atoms with Gasteiger partial charge in [-0.05, 0) is 36.9 Å². The predicted molar refractivity (Wildman–Crippen MR) is 56.6 cm³/mol. The Labute approximate surface area is 85.3 Å². The third kappa shape index (κ3) is 2.51. The highest BCUT2D eigenvalue weighted by atomic mass is 79.9. The molecule has 0 amide bonds. The molecule has 1 aromatic rings. The number of aliphatic hydroxyl groups excluding tert-OH is 1. The molecule has 1 nitrogen and oxygen atoms in total. The Bertz CT molecular complexity index is 273. The van der Waals surface area contributed by atoms with Crippen molar-refractivity contribution in [1.29, 1.82) is 0 Å². The zero-order chi connectivity index (χ0) is 9.14. The van der Waals surface area contributed by atoms with Crippen molar-refractivity contribution in [2.75, 3.05) is 6.26 Å². The molecule has 0 saturated heterocycles. The highest BCUT2D eigenvalue weighted by Gasteiger charge is 2.03. The van der Waals surface area contributed by atoms with Crippen LogP contribution in [0.25, 0.3) is 0 Å². The number of hydrogen-bond acceptors (Lipinski definition) is 2. The Morgan fingerprint density at radius 2 is 2.08 bits per heavy atom. The van der Waals surface area contributed by atoms with E-state index in [0.717, 1.165) is 10.0 Å². The van der Waals surface area contributed by atoms with Crippen LogP contribution in [-0.2, 0) is 0 Å². The van der Waals surface area contributed by atoms with Crippen LogP contribution in [0, 0.1) is 0 Å². The largest absolute Gasteiger partial charge is 0.389 e. The van der Waals surface area contributed by atoms with E-state index in [1.165, 1.54) is 4.90 Å². The normalized spacial score (nSPS) is 13.0. The first kappa shape index (κ1) is 10.1. The second kappa shape index (κ2) is 4.30. The smallest absolute Gasteiger partial charge is 0.0762 e. The summed E-state index contributed by atoms with van der Waals surface area (Å²) in [6.45, 7) is 1.77. The molecule has 0 aliphatic carbocycles. The molecule has 0 heterocycles. The van der Waals surface area contributed by atoms with E-state index in [9.17, 15) is 5.11 Å². The van der Waals surface area contributed by atoms with E-state index in [-0.39, 0.29) is 0 Å². The van der Waals surface area contributed by atoms with Gasteiger partial charge in [0, 0.05) is 9.37 Å². The number of thioether (sulfide) groups is 1. The van der Waals surface area contributed by atoms with Crippen molar-refractivity contribution in [2.45, 2.75) is 17.9 Å². The topological polar surface area (TPSA) is 20.2 Å². The maximum atomic E-state index is 9.34. The van der Waals surface area contributed by atoms with Gasteiger partial charge in [0.2, 0.25) is 0 Å². The number of aliphatic hydroxyl groups is 1. The Balaban J connectivity index is 3.06. The van der Waals surface area contributed by atoms with E-state index in [1.54, 1.807) is 18.7 Å². The molecule has 12 heavy (non-hydrogen) atoms. The predicted octanol–water partition coefficient (Wildman–Crippen LogP) is 3.22. The summed E-state index contributed by atoms with van der Waals surface area (Å²) in [6.07, 6.45) is 1.63. The minimum atomic E-state index is -0.395. The third-order valence-corrected chi connectivity index (χ3v) is 2.78. The fraction of sp³-hybridized carbons (Fsp3) is 0.333. The number of hydrogen-bond donors (Lipinski definition) is 1. The van der Waals surface area contributed by atoms with Gasteiger partial charge < -0.3 is 5.11 Å². The summed E-state index contributed by atoms with van der Waals surface area (Å²) in [5.74, 6) is 0. The molecule has 1 unspecified atom stereocenters. The standard InChI is InChI=1S/C9H11BrOS/c1-6(11)7-3-8(10)5-9(4-7)12-2/h3-6,11H,1-2H3. The van der Waals surface area contributed by atoms with E-state index in [0.29, 0.717) is 0 Å². The Morgan fingerprint density at radius 1 is 1.42 bits per heavy atom. The molecule has 0 saturated carbocycles. The molecule has 1 N–H and O–H groups in total. The van der Waals surface area contributed by atoms with Gasteiger partial charge in [-0.2, -0.15) is 0 Å². The van der Waals surface area contributed by atoms with Gasteiger partial charge in [0.25, 0.3) is 0 Å². The molecule has 1 atom stereocenters. The molecule has 0 radical (unpaired) electrons. The minimum absolute atomic E-state index is 0.395. The summed E-state index contributed by atoms with van der Waals surface area (Å²) < 4.78 is 1.02. The van der Waals surface area contributed by atoms with Crippen LogP contribution in [0.4, 0.5) is 0 Å². The first-order valence-electron chi connectivity index (χ1n) is 3.66. The first-order valence-corrected chi connectivity index (χ1v) is 5.68. The van der Waals surface area contributed by atoms with E-state index < -0.39 is 6.10 Å². The van der Waals surface area contributed by atoms with Crippen LogP contribution in [0.15, 0.2) is 27.6 Å². The molecule has 3 heteroatoms. The van der Waals surface area contributed by atoms with Crippen LogP contribution < -0.4 is 0 Å². The highest BCUT2D eigenvalue weighted by molar-refractivity contribution is 9.10. The monoisotopic (exact) mass is 246 g/mol. The minimum Gasteiger partial charge on any atom is -0.389 e. The van der Waals surface area contributed by atoms with Crippen LogP contribution in [0.1, 0.15) is 18.6 Å². The lowest BCUT2D eigenvalue weighted by Crippen LogP contribution is -1.90. The van der Waals surface area contributed by atoms with E-state index >= 15 is 0 Å². The average Bonchev–Trinajstić information content (AvgIpc) is 2.03. The molecule has 0 bridgehead atoms. The van der Waals surface area contributed by atoms with E-state index in [4.69, 9.17) is 0 Å². The lowest BCUT2D eigenvalue weighted by atomic mass is 10.1. The van der Waals surface area contributed by atoms with Crippen LogP contribution in [0.5, 0.6) is 0 Å². The van der Waals surface area contributed by atoms with Gasteiger partial charge in [0.1, 0.15) is 0 Å². The van der Waals surface area contributed by atoms with Crippen molar-refractivity contribution < 1.29 is 5.11 Å². The van der Waals surface area contributed by atoms with Gasteiger partial charge in [0.05, 0.1) is 6.10 Å². The van der Waals surface area contributed by atoms with Gasteiger partial charge >= 0.3 is 0 Å². The summed E-state index contributed by atoms with van der Waals surface area (Å²) in [4.78, 5) is 1.17. The van der Waals surface area contributed by atoms with Crippen molar-refractivity contribution in [1.82, 2.24) is 0 Å². The fourth-order valence-corrected chi connectivity index (χ4v) is 2.10. The lowest BCUT2D eigenvalue weighted by molar-refractivity contribution is 0.199. The molecule has 0 aliphatic heterocycles. The third-order valence-electron chi connectivity index (χ3n) is 1.61. The van der Waals surface area contributed by atoms with Crippen molar-refractivity contribution in [2.24, 2.45) is 0 Å².